The maximum atomic E-state index is 5.97. The third-order valence-electron chi connectivity index (χ3n) is 2.07. The highest BCUT2D eigenvalue weighted by molar-refractivity contribution is 6.32. The van der Waals surface area contributed by atoms with Gasteiger partial charge in [-0.1, -0.05) is 35.3 Å². The summed E-state index contributed by atoms with van der Waals surface area (Å²) in [5.74, 6) is 1.20. The van der Waals surface area contributed by atoms with Crippen molar-refractivity contribution in [2.45, 2.75) is 5.88 Å². The average molecular weight is 289 g/mol. The summed E-state index contributed by atoms with van der Waals surface area (Å²) >= 11 is 17.6. The Morgan fingerprint density at radius 2 is 1.76 bits per heavy atom. The number of para-hydroxylation sites is 1. The molecule has 2 rings (SSSR count). The summed E-state index contributed by atoms with van der Waals surface area (Å²) < 4.78 is 5.55. The highest BCUT2D eigenvalue weighted by Crippen LogP contribution is 2.29. The lowest BCUT2D eigenvalue weighted by Crippen LogP contribution is -1.92. The minimum Gasteiger partial charge on any atom is -0.437 e. The van der Waals surface area contributed by atoms with Gasteiger partial charge in [0.05, 0.1) is 21.6 Å². The first-order valence-electron chi connectivity index (χ1n) is 4.84. The number of alkyl halides is 1. The number of aromatic nitrogens is 1. The van der Waals surface area contributed by atoms with E-state index in [9.17, 15) is 0 Å². The van der Waals surface area contributed by atoms with Crippen LogP contribution in [0.1, 0.15) is 5.69 Å². The van der Waals surface area contributed by atoms with Crippen LogP contribution in [0.5, 0.6) is 11.6 Å². The van der Waals surface area contributed by atoms with Crippen LogP contribution in [0.15, 0.2) is 36.4 Å². The Morgan fingerprint density at radius 1 is 1.00 bits per heavy atom. The molecule has 88 valence electrons. The van der Waals surface area contributed by atoms with Gasteiger partial charge in [-0.05, 0) is 18.2 Å². The van der Waals surface area contributed by atoms with Crippen molar-refractivity contribution < 1.29 is 4.74 Å². The minimum absolute atomic E-state index is 0.235. The van der Waals surface area contributed by atoms with Gasteiger partial charge in [0.1, 0.15) is 5.75 Å². The summed E-state index contributed by atoms with van der Waals surface area (Å²) in [6, 6.07) is 10.5. The fourth-order valence-electron chi connectivity index (χ4n) is 1.26. The van der Waals surface area contributed by atoms with E-state index in [-0.39, 0.29) is 5.88 Å². The molecule has 0 spiro atoms. The normalized spacial score (nSPS) is 10.3. The van der Waals surface area contributed by atoms with Gasteiger partial charge in [-0.3, -0.25) is 0 Å². The molecule has 0 saturated carbocycles. The summed E-state index contributed by atoms with van der Waals surface area (Å²) in [6.45, 7) is 0. The SMILES string of the molecule is ClCc1nc(Oc2ccccc2Cl)ccc1Cl. The quantitative estimate of drug-likeness (QED) is 0.748. The molecule has 0 amide bonds. The molecule has 2 aromatic rings. The second kappa shape index (κ2) is 5.58. The van der Waals surface area contributed by atoms with E-state index in [1.54, 1.807) is 24.3 Å². The zero-order chi connectivity index (χ0) is 12.3. The van der Waals surface area contributed by atoms with Crippen LogP contribution >= 0.6 is 34.8 Å². The largest absolute Gasteiger partial charge is 0.437 e. The molecular weight excluding hydrogens is 280 g/mol. The number of benzene rings is 1. The zero-order valence-electron chi connectivity index (χ0n) is 8.66. The highest BCUT2D eigenvalue weighted by Gasteiger charge is 2.06. The van der Waals surface area contributed by atoms with Gasteiger partial charge in [0.2, 0.25) is 5.88 Å². The molecule has 2 nitrogen and oxygen atoms in total. The van der Waals surface area contributed by atoms with E-state index >= 15 is 0 Å². The Kier molecular flexibility index (Phi) is 4.11. The minimum atomic E-state index is 0.235. The van der Waals surface area contributed by atoms with Crippen LogP contribution in [0.25, 0.3) is 0 Å². The van der Waals surface area contributed by atoms with Crippen molar-refractivity contribution >= 4 is 34.8 Å². The smallest absolute Gasteiger partial charge is 0.219 e. The molecule has 0 fully saturated rings. The highest BCUT2D eigenvalue weighted by atomic mass is 35.5. The first-order chi connectivity index (χ1) is 8.20. The molecule has 0 aliphatic carbocycles. The number of pyridine rings is 1. The predicted octanol–water partition coefficient (Wildman–Crippen LogP) is 4.92. The number of halogens is 3. The van der Waals surface area contributed by atoms with E-state index in [0.29, 0.717) is 27.4 Å². The molecule has 0 aliphatic rings. The van der Waals surface area contributed by atoms with Crippen LogP contribution in [0.2, 0.25) is 10.0 Å². The van der Waals surface area contributed by atoms with Crippen LogP contribution in [0.3, 0.4) is 0 Å². The fourth-order valence-corrected chi connectivity index (χ4v) is 1.87. The fraction of sp³-hybridized carbons (Fsp3) is 0.0833. The van der Waals surface area contributed by atoms with E-state index in [4.69, 9.17) is 39.5 Å². The molecule has 1 aromatic heterocycles. The number of rotatable bonds is 3. The Bertz CT molecular complexity index is 531. The number of hydrogen-bond donors (Lipinski definition) is 0. The molecule has 5 heteroatoms. The van der Waals surface area contributed by atoms with Gasteiger partial charge in [0, 0.05) is 6.07 Å². The molecular formula is C12H8Cl3NO. The van der Waals surface area contributed by atoms with E-state index in [2.05, 4.69) is 4.98 Å². The first-order valence-corrected chi connectivity index (χ1v) is 6.13. The summed E-state index contributed by atoms with van der Waals surface area (Å²) in [5, 5.41) is 1.04. The number of ether oxygens (including phenoxy) is 1. The van der Waals surface area contributed by atoms with Crippen molar-refractivity contribution in [1.29, 1.82) is 0 Å². The third kappa shape index (κ3) is 3.03. The van der Waals surface area contributed by atoms with Crippen molar-refractivity contribution in [1.82, 2.24) is 4.98 Å². The van der Waals surface area contributed by atoms with Gasteiger partial charge in [-0.2, -0.15) is 0 Å². The lowest BCUT2D eigenvalue weighted by molar-refractivity contribution is 0.462. The number of hydrogen-bond acceptors (Lipinski definition) is 2. The molecule has 17 heavy (non-hydrogen) atoms. The molecule has 1 heterocycles. The van der Waals surface area contributed by atoms with Gasteiger partial charge in [0.15, 0.2) is 0 Å². The lowest BCUT2D eigenvalue weighted by Gasteiger charge is -2.07. The first kappa shape index (κ1) is 12.5. The molecule has 0 aliphatic heterocycles. The summed E-state index contributed by atoms with van der Waals surface area (Å²) in [7, 11) is 0. The summed E-state index contributed by atoms with van der Waals surface area (Å²) in [5.41, 5.74) is 0.581. The van der Waals surface area contributed by atoms with Crippen LogP contribution < -0.4 is 4.74 Å². The van der Waals surface area contributed by atoms with Crippen LogP contribution in [0, 0.1) is 0 Å². The van der Waals surface area contributed by atoms with Gasteiger partial charge in [-0.25, -0.2) is 4.98 Å². The van der Waals surface area contributed by atoms with Gasteiger partial charge in [-0.15, -0.1) is 11.6 Å². The average Bonchev–Trinajstić information content (AvgIpc) is 2.34. The maximum absolute atomic E-state index is 5.97. The Hall–Kier alpha value is -0.960. The van der Waals surface area contributed by atoms with Crippen molar-refractivity contribution in [3.63, 3.8) is 0 Å². The van der Waals surface area contributed by atoms with Crippen molar-refractivity contribution in [3.8, 4) is 11.6 Å². The Balaban J connectivity index is 2.28. The van der Waals surface area contributed by atoms with Crippen molar-refractivity contribution in [2.24, 2.45) is 0 Å². The van der Waals surface area contributed by atoms with E-state index in [1.165, 1.54) is 0 Å². The van der Waals surface area contributed by atoms with Crippen LogP contribution in [-0.4, -0.2) is 4.98 Å². The molecule has 0 bridgehead atoms. The second-order valence-electron chi connectivity index (χ2n) is 3.24. The predicted molar refractivity (Wildman–Crippen MR) is 70.3 cm³/mol. The molecule has 0 N–H and O–H groups in total. The Morgan fingerprint density at radius 3 is 2.47 bits per heavy atom. The molecule has 0 atom stereocenters. The number of nitrogens with zero attached hydrogens (tertiary/aromatic N) is 1. The van der Waals surface area contributed by atoms with Crippen molar-refractivity contribution in [3.05, 3.63) is 52.1 Å². The monoisotopic (exact) mass is 287 g/mol. The summed E-state index contributed by atoms with van der Waals surface area (Å²) in [6.07, 6.45) is 0. The topological polar surface area (TPSA) is 22.1 Å². The summed E-state index contributed by atoms with van der Waals surface area (Å²) in [4.78, 5) is 4.18. The van der Waals surface area contributed by atoms with Gasteiger partial charge >= 0.3 is 0 Å². The van der Waals surface area contributed by atoms with Crippen molar-refractivity contribution in [2.75, 3.05) is 0 Å². The zero-order valence-corrected chi connectivity index (χ0v) is 10.9. The van der Waals surface area contributed by atoms with E-state index < -0.39 is 0 Å². The van der Waals surface area contributed by atoms with Crippen LogP contribution in [0.4, 0.5) is 0 Å². The van der Waals surface area contributed by atoms with Crippen LogP contribution in [-0.2, 0) is 5.88 Å². The Labute approximate surface area is 114 Å². The standard InChI is InChI=1S/C12H8Cl3NO/c13-7-10-8(14)5-6-12(16-10)17-11-4-2-1-3-9(11)15/h1-6H,7H2. The molecule has 1 aromatic carbocycles. The van der Waals surface area contributed by atoms with Gasteiger partial charge < -0.3 is 4.74 Å². The maximum Gasteiger partial charge on any atom is 0.219 e. The molecule has 0 saturated heterocycles. The molecule has 0 radical (unpaired) electrons. The molecule has 0 unspecified atom stereocenters. The third-order valence-corrected chi connectivity index (χ3v) is 2.98. The van der Waals surface area contributed by atoms with E-state index in [0.717, 1.165) is 0 Å². The second-order valence-corrected chi connectivity index (χ2v) is 4.33. The lowest BCUT2D eigenvalue weighted by atomic mass is 10.3. The van der Waals surface area contributed by atoms with E-state index in [1.807, 2.05) is 12.1 Å². The van der Waals surface area contributed by atoms with Gasteiger partial charge in [0.25, 0.3) is 0 Å².